The zero-order chi connectivity index (χ0) is 14.4. The van der Waals surface area contributed by atoms with Crippen molar-refractivity contribution in [2.45, 2.75) is 58.3 Å². The molecule has 0 aromatic carbocycles. The summed E-state index contributed by atoms with van der Waals surface area (Å²) >= 11 is 0. The van der Waals surface area contributed by atoms with Crippen LogP contribution in [0.3, 0.4) is 0 Å². The monoisotopic (exact) mass is 277 g/mol. The van der Waals surface area contributed by atoms with E-state index in [1.165, 1.54) is 38.5 Å². The minimum absolute atomic E-state index is 0.543. The number of nitrogen functional groups attached to an aromatic ring is 1. The molecule has 0 radical (unpaired) electrons. The Balaban J connectivity index is 2.18. The van der Waals surface area contributed by atoms with E-state index >= 15 is 0 Å². The van der Waals surface area contributed by atoms with Crippen LogP contribution in [-0.4, -0.2) is 23.1 Å². The van der Waals surface area contributed by atoms with Crippen LogP contribution < -0.4 is 16.2 Å². The molecule has 0 saturated heterocycles. The van der Waals surface area contributed by atoms with Crippen LogP contribution in [0.5, 0.6) is 0 Å². The first kappa shape index (κ1) is 15.0. The van der Waals surface area contributed by atoms with Crippen LogP contribution in [0.1, 0.15) is 64.1 Å². The Bertz CT molecular complexity index is 409. The van der Waals surface area contributed by atoms with E-state index in [9.17, 15) is 0 Å². The van der Waals surface area contributed by atoms with Crippen LogP contribution in [0.4, 0.5) is 11.6 Å². The van der Waals surface area contributed by atoms with Crippen molar-refractivity contribution in [2.24, 2.45) is 5.84 Å². The number of nitrogens with zero attached hydrogens (tertiary/aromatic N) is 3. The average molecular weight is 277 g/mol. The normalized spacial score (nSPS) is 14.3. The molecule has 5 heteroatoms. The number of hydrogen-bond acceptors (Lipinski definition) is 5. The number of nitrogens with one attached hydrogen (secondary N) is 1. The van der Waals surface area contributed by atoms with Gasteiger partial charge in [-0.25, -0.2) is 15.8 Å². The molecule has 1 aromatic rings. The van der Waals surface area contributed by atoms with Crippen LogP contribution in [0.15, 0.2) is 6.07 Å². The highest BCUT2D eigenvalue weighted by Crippen LogP contribution is 2.39. The van der Waals surface area contributed by atoms with Gasteiger partial charge in [-0.1, -0.05) is 26.7 Å². The molecule has 0 aliphatic heterocycles. The van der Waals surface area contributed by atoms with Crippen molar-refractivity contribution in [3.63, 3.8) is 0 Å². The van der Waals surface area contributed by atoms with Gasteiger partial charge in [-0.3, -0.25) is 0 Å². The van der Waals surface area contributed by atoms with Gasteiger partial charge in [0.15, 0.2) is 0 Å². The molecular formula is C15H27N5. The maximum absolute atomic E-state index is 5.55. The van der Waals surface area contributed by atoms with E-state index < -0.39 is 0 Å². The summed E-state index contributed by atoms with van der Waals surface area (Å²) in [4.78, 5) is 11.6. The SMILES string of the molecule is CCCCN(CCCC)c1cc(NN)nc(C2CC2)n1. The van der Waals surface area contributed by atoms with Crippen LogP contribution in [0, 0.1) is 0 Å². The first-order chi connectivity index (χ1) is 9.78. The third kappa shape index (κ3) is 4.07. The summed E-state index contributed by atoms with van der Waals surface area (Å²) in [5, 5.41) is 0. The standard InChI is InChI=1S/C15H27N5/c1-3-5-9-20(10-6-4-2)14-11-13(19-16)17-15(18-14)12-7-8-12/h11-12H,3-10,16H2,1-2H3,(H,17,18,19). The van der Waals surface area contributed by atoms with Crippen LogP contribution in [0.25, 0.3) is 0 Å². The van der Waals surface area contributed by atoms with Gasteiger partial charge in [-0.05, 0) is 25.7 Å². The van der Waals surface area contributed by atoms with Crippen molar-refractivity contribution in [3.8, 4) is 0 Å². The lowest BCUT2D eigenvalue weighted by Gasteiger charge is -2.24. The van der Waals surface area contributed by atoms with Crippen molar-refractivity contribution in [1.82, 2.24) is 9.97 Å². The Morgan fingerprint density at radius 3 is 2.35 bits per heavy atom. The Hall–Kier alpha value is -1.36. The van der Waals surface area contributed by atoms with Crippen LogP contribution in [0.2, 0.25) is 0 Å². The lowest BCUT2D eigenvalue weighted by Crippen LogP contribution is -2.27. The molecule has 0 atom stereocenters. The molecule has 1 fully saturated rings. The maximum Gasteiger partial charge on any atom is 0.145 e. The molecule has 1 aliphatic carbocycles. The van der Waals surface area contributed by atoms with Crippen molar-refractivity contribution >= 4 is 11.6 Å². The molecule has 1 saturated carbocycles. The summed E-state index contributed by atoms with van der Waals surface area (Å²) in [5.74, 6) is 8.80. The van der Waals surface area contributed by atoms with Gasteiger partial charge in [0, 0.05) is 25.1 Å². The molecule has 1 aliphatic rings. The molecule has 112 valence electrons. The van der Waals surface area contributed by atoms with Gasteiger partial charge in [0.25, 0.3) is 0 Å². The highest BCUT2D eigenvalue weighted by molar-refractivity contribution is 5.49. The molecule has 0 spiro atoms. The van der Waals surface area contributed by atoms with E-state index in [0.717, 1.165) is 30.5 Å². The van der Waals surface area contributed by atoms with E-state index in [1.54, 1.807) is 0 Å². The second kappa shape index (κ2) is 7.43. The third-order valence-corrected chi connectivity index (χ3v) is 3.71. The first-order valence-electron chi connectivity index (χ1n) is 7.89. The Kier molecular flexibility index (Phi) is 5.59. The fourth-order valence-corrected chi connectivity index (χ4v) is 2.25. The van der Waals surface area contributed by atoms with Gasteiger partial charge in [-0.2, -0.15) is 0 Å². The maximum atomic E-state index is 5.55. The van der Waals surface area contributed by atoms with Crippen LogP contribution >= 0.6 is 0 Å². The topological polar surface area (TPSA) is 67.1 Å². The summed E-state index contributed by atoms with van der Waals surface area (Å²) in [6, 6.07) is 1.97. The minimum Gasteiger partial charge on any atom is -0.356 e. The molecule has 1 aromatic heterocycles. The Morgan fingerprint density at radius 1 is 1.20 bits per heavy atom. The van der Waals surface area contributed by atoms with Crippen molar-refractivity contribution < 1.29 is 0 Å². The number of hydrogen-bond donors (Lipinski definition) is 2. The number of anilines is 2. The summed E-state index contributed by atoms with van der Waals surface area (Å²) < 4.78 is 0. The molecule has 1 heterocycles. The smallest absolute Gasteiger partial charge is 0.145 e. The van der Waals surface area contributed by atoms with Gasteiger partial charge in [0.1, 0.15) is 17.5 Å². The zero-order valence-corrected chi connectivity index (χ0v) is 12.7. The largest absolute Gasteiger partial charge is 0.356 e. The molecule has 2 rings (SSSR count). The highest BCUT2D eigenvalue weighted by Gasteiger charge is 2.27. The van der Waals surface area contributed by atoms with E-state index in [-0.39, 0.29) is 0 Å². The van der Waals surface area contributed by atoms with Gasteiger partial charge in [-0.15, -0.1) is 0 Å². The van der Waals surface area contributed by atoms with Crippen LogP contribution in [-0.2, 0) is 0 Å². The lowest BCUT2D eigenvalue weighted by molar-refractivity contribution is 0.668. The molecule has 3 N–H and O–H groups in total. The van der Waals surface area contributed by atoms with Gasteiger partial charge < -0.3 is 10.3 Å². The van der Waals surface area contributed by atoms with E-state index in [0.29, 0.717) is 5.92 Å². The molecule has 20 heavy (non-hydrogen) atoms. The molecule has 5 nitrogen and oxygen atoms in total. The number of unbranched alkanes of at least 4 members (excludes halogenated alkanes) is 2. The van der Waals surface area contributed by atoms with Crippen molar-refractivity contribution in [2.75, 3.05) is 23.4 Å². The molecule has 0 amide bonds. The number of nitrogens with two attached hydrogens (primary N) is 1. The Morgan fingerprint density at radius 2 is 1.85 bits per heavy atom. The number of rotatable bonds is 9. The molecule has 0 unspecified atom stereocenters. The van der Waals surface area contributed by atoms with Crippen molar-refractivity contribution in [3.05, 3.63) is 11.9 Å². The summed E-state index contributed by atoms with van der Waals surface area (Å²) in [7, 11) is 0. The number of aromatic nitrogens is 2. The van der Waals surface area contributed by atoms with Gasteiger partial charge >= 0.3 is 0 Å². The minimum atomic E-state index is 0.543. The first-order valence-corrected chi connectivity index (χ1v) is 7.89. The predicted molar refractivity (Wildman–Crippen MR) is 83.8 cm³/mol. The summed E-state index contributed by atoms with van der Waals surface area (Å²) in [6.07, 6.45) is 7.20. The molecule has 0 bridgehead atoms. The third-order valence-electron chi connectivity index (χ3n) is 3.71. The summed E-state index contributed by atoms with van der Waals surface area (Å²) in [5.41, 5.74) is 2.68. The van der Waals surface area contributed by atoms with E-state index in [2.05, 4.69) is 29.2 Å². The van der Waals surface area contributed by atoms with Gasteiger partial charge in [0.05, 0.1) is 0 Å². The molecular weight excluding hydrogens is 250 g/mol. The highest BCUT2D eigenvalue weighted by atomic mass is 15.3. The average Bonchev–Trinajstić information content (AvgIpc) is 3.31. The fourth-order valence-electron chi connectivity index (χ4n) is 2.25. The van der Waals surface area contributed by atoms with Crippen molar-refractivity contribution in [1.29, 1.82) is 0 Å². The quantitative estimate of drug-likeness (QED) is 0.536. The zero-order valence-electron chi connectivity index (χ0n) is 12.7. The second-order valence-electron chi connectivity index (χ2n) is 5.58. The number of hydrazine groups is 1. The van der Waals surface area contributed by atoms with Gasteiger partial charge in [0.2, 0.25) is 0 Å². The lowest BCUT2D eigenvalue weighted by atomic mass is 10.2. The fraction of sp³-hybridized carbons (Fsp3) is 0.733. The Labute approximate surface area is 121 Å². The predicted octanol–water partition coefficient (Wildman–Crippen LogP) is 3.05. The van der Waals surface area contributed by atoms with E-state index in [1.807, 2.05) is 6.07 Å². The van der Waals surface area contributed by atoms with E-state index in [4.69, 9.17) is 10.8 Å². The second-order valence-corrected chi connectivity index (χ2v) is 5.58. The summed E-state index contributed by atoms with van der Waals surface area (Å²) in [6.45, 7) is 6.56.